The van der Waals surface area contributed by atoms with Crippen molar-refractivity contribution >= 4 is 5.91 Å². The van der Waals surface area contributed by atoms with Crippen LogP contribution in [0.3, 0.4) is 0 Å². The Morgan fingerprint density at radius 2 is 1.86 bits per heavy atom. The average Bonchev–Trinajstić information content (AvgIpc) is 2.43. The lowest BCUT2D eigenvalue weighted by molar-refractivity contribution is 0.100. The molecule has 1 atom stereocenters. The Labute approximate surface area is 122 Å². The maximum absolute atomic E-state index is 13.6. The number of rotatable bonds is 4. The second-order valence-corrected chi connectivity index (χ2v) is 4.92. The van der Waals surface area contributed by atoms with Crippen molar-refractivity contribution in [3.8, 4) is 11.5 Å². The number of carbonyl (C=O) groups is 1. The summed E-state index contributed by atoms with van der Waals surface area (Å²) < 4.78 is 19.4. The summed E-state index contributed by atoms with van der Waals surface area (Å²) in [5.41, 5.74) is 12.5. The SMILES string of the molecule is Cc1cc(Oc2ccc(C(N)=O)cc2)c([C@@H](C)N)cc1F. The lowest BCUT2D eigenvalue weighted by atomic mass is 10.0. The highest BCUT2D eigenvalue weighted by Crippen LogP contribution is 2.31. The van der Waals surface area contributed by atoms with Gasteiger partial charge in [0.2, 0.25) is 5.91 Å². The molecular weight excluding hydrogens is 271 g/mol. The van der Waals surface area contributed by atoms with Crippen molar-refractivity contribution in [1.82, 2.24) is 0 Å². The van der Waals surface area contributed by atoms with Gasteiger partial charge in [-0.1, -0.05) is 0 Å². The second-order valence-electron chi connectivity index (χ2n) is 4.92. The summed E-state index contributed by atoms with van der Waals surface area (Å²) in [6.45, 7) is 3.41. The Morgan fingerprint density at radius 1 is 1.24 bits per heavy atom. The van der Waals surface area contributed by atoms with E-state index in [0.717, 1.165) is 0 Å². The smallest absolute Gasteiger partial charge is 0.248 e. The summed E-state index contributed by atoms with van der Waals surface area (Å²) in [5.74, 6) is 0.192. The van der Waals surface area contributed by atoms with Gasteiger partial charge >= 0.3 is 0 Å². The molecule has 0 saturated carbocycles. The first-order valence-corrected chi connectivity index (χ1v) is 6.52. The number of halogens is 1. The molecule has 0 fully saturated rings. The van der Waals surface area contributed by atoms with Crippen molar-refractivity contribution in [3.05, 3.63) is 58.9 Å². The zero-order valence-electron chi connectivity index (χ0n) is 11.9. The van der Waals surface area contributed by atoms with Crippen LogP contribution in [0.5, 0.6) is 11.5 Å². The minimum atomic E-state index is -0.504. The molecule has 0 saturated heterocycles. The predicted octanol–water partition coefficient (Wildman–Crippen LogP) is 3.05. The first-order chi connectivity index (χ1) is 9.88. The molecule has 0 bridgehead atoms. The molecule has 0 aliphatic carbocycles. The number of amides is 1. The summed E-state index contributed by atoms with van der Waals surface area (Å²) in [7, 11) is 0. The van der Waals surface area contributed by atoms with Crippen LogP contribution in [0, 0.1) is 12.7 Å². The molecule has 0 unspecified atom stereocenters. The van der Waals surface area contributed by atoms with Gasteiger partial charge in [0.15, 0.2) is 0 Å². The van der Waals surface area contributed by atoms with Gasteiger partial charge in [-0.25, -0.2) is 4.39 Å². The Bertz CT molecular complexity index is 667. The largest absolute Gasteiger partial charge is 0.457 e. The number of benzene rings is 2. The van der Waals surface area contributed by atoms with E-state index in [-0.39, 0.29) is 11.9 Å². The zero-order valence-corrected chi connectivity index (χ0v) is 11.9. The van der Waals surface area contributed by atoms with Crippen LogP contribution in [0.2, 0.25) is 0 Å². The van der Waals surface area contributed by atoms with Crippen molar-refractivity contribution in [2.24, 2.45) is 11.5 Å². The van der Waals surface area contributed by atoms with Crippen molar-refractivity contribution in [2.45, 2.75) is 19.9 Å². The molecule has 110 valence electrons. The van der Waals surface area contributed by atoms with Gasteiger partial charge in [0.25, 0.3) is 0 Å². The number of aryl methyl sites for hydroxylation is 1. The minimum Gasteiger partial charge on any atom is -0.457 e. The van der Waals surface area contributed by atoms with E-state index in [9.17, 15) is 9.18 Å². The Balaban J connectivity index is 2.34. The molecule has 4 N–H and O–H groups in total. The highest BCUT2D eigenvalue weighted by Gasteiger charge is 2.13. The highest BCUT2D eigenvalue weighted by atomic mass is 19.1. The summed E-state index contributed by atoms with van der Waals surface area (Å²) in [4.78, 5) is 11.0. The van der Waals surface area contributed by atoms with E-state index in [1.165, 1.54) is 6.07 Å². The molecule has 2 rings (SSSR count). The van der Waals surface area contributed by atoms with Crippen molar-refractivity contribution in [1.29, 1.82) is 0 Å². The molecule has 2 aromatic rings. The maximum Gasteiger partial charge on any atom is 0.248 e. The molecule has 1 amide bonds. The number of hydrogen-bond donors (Lipinski definition) is 2. The average molecular weight is 288 g/mol. The maximum atomic E-state index is 13.6. The van der Waals surface area contributed by atoms with Crippen LogP contribution in [0.25, 0.3) is 0 Å². The molecule has 2 aromatic carbocycles. The highest BCUT2D eigenvalue weighted by molar-refractivity contribution is 5.92. The van der Waals surface area contributed by atoms with E-state index in [1.807, 2.05) is 0 Å². The lowest BCUT2D eigenvalue weighted by Crippen LogP contribution is -2.10. The number of nitrogens with two attached hydrogens (primary N) is 2. The molecule has 4 nitrogen and oxygen atoms in total. The molecule has 0 aromatic heterocycles. The van der Waals surface area contributed by atoms with Crippen LogP contribution in [0.4, 0.5) is 4.39 Å². The standard InChI is InChI=1S/C16H17FN2O2/c1-9-7-15(13(10(2)18)8-14(9)17)21-12-5-3-11(4-6-12)16(19)20/h3-8,10H,18H2,1-2H3,(H2,19,20)/t10-/m1/s1. The van der Waals surface area contributed by atoms with E-state index >= 15 is 0 Å². The van der Waals surface area contributed by atoms with Gasteiger partial charge in [-0.2, -0.15) is 0 Å². The predicted molar refractivity (Wildman–Crippen MR) is 78.8 cm³/mol. The zero-order chi connectivity index (χ0) is 15.6. The first kappa shape index (κ1) is 15.0. The topological polar surface area (TPSA) is 78.3 Å². The van der Waals surface area contributed by atoms with Crippen LogP contribution in [-0.2, 0) is 0 Å². The third-order valence-electron chi connectivity index (χ3n) is 3.15. The van der Waals surface area contributed by atoms with Gasteiger partial charge < -0.3 is 16.2 Å². The Morgan fingerprint density at radius 3 is 2.38 bits per heavy atom. The van der Waals surface area contributed by atoms with Crippen molar-refractivity contribution < 1.29 is 13.9 Å². The summed E-state index contributed by atoms with van der Waals surface area (Å²) in [6, 6.07) is 9.02. The fraction of sp³-hybridized carbons (Fsp3) is 0.188. The van der Waals surface area contributed by atoms with E-state index in [4.69, 9.17) is 16.2 Å². The monoisotopic (exact) mass is 288 g/mol. The van der Waals surface area contributed by atoms with E-state index in [2.05, 4.69) is 0 Å². The number of primary amides is 1. The van der Waals surface area contributed by atoms with Crippen LogP contribution < -0.4 is 16.2 Å². The summed E-state index contributed by atoms with van der Waals surface area (Å²) >= 11 is 0. The number of ether oxygens (including phenoxy) is 1. The molecule has 21 heavy (non-hydrogen) atoms. The molecular formula is C16H17FN2O2. The van der Waals surface area contributed by atoms with Crippen LogP contribution in [0.15, 0.2) is 36.4 Å². The van der Waals surface area contributed by atoms with Gasteiger partial charge in [0.05, 0.1) is 0 Å². The van der Waals surface area contributed by atoms with Gasteiger partial charge in [0, 0.05) is 17.2 Å². The third kappa shape index (κ3) is 3.38. The van der Waals surface area contributed by atoms with E-state index in [0.29, 0.717) is 28.2 Å². The third-order valence-corrected chi connectivity index (χ3v) is 3.15. The van der Waals surface area contributed by atoms with E-state index in [1.54, 1.807) is 44.2 Å². The Kier molecular flexibility index (Phi) is 4.23. The molecule has 0 aliphatic rings. The molecule has 5 heteroatoms. The molecule has 0 heterocycles. The minimum absolute atomic E-state index is 0.321. The number of carbonyl (C=O) groups excluding carboxylic acids is 1. The fourth-order valence-corrected chi connectivity index (χ4v) is 1.93. The van der Waals surface area contributed by atoms with Gasteiger partial charge in [0.1, 0.15) is 17.3 Å². The normalized spacial score (nSPS) is 12.0. The van der Waals surface area contributed by atoms with E-state index < -0.39 is 5.91 Å². The number of hydrogen-bond acceptors (Lipinski definition) is 3. The van der Waals surface area contributed by atoms with Gasteiger partial charge in [-0.15, -0.1) is 0 Å². The molecule has 0 spiro atoms. The fourth-order valence-electron chi connectivity index (χ4n) is 1.93. The lowest BCUT2D eigenvalue weighted by Gasteiger charge is -2.15. The van der Waals surface area contributed by atoms with Gasteiger partial charge in [-0.05, 0) is 55.8 Å². The summed E-state index contributed by atoms with van der Waals surface area (Å²) in [5, 5.41) is 0. The van der Waals surface area contributed by atoms with Crippen LogP contribution in [-0.4, -0.2) is 5.91 Å². The molecule has 0 radical (unpaired) electrons. The van der Waals surface area contributed by atoms with Crippen molar-refractivity contribution in [2.75, 3.05) is 0 Å². The second kappa shape index (κ2) is 5.93. The summed E-state index contributed by atoms with van der Waals surface area (Å²) in [6.07, 6.45) is 0. The van der Waals surface area contributed by atoms with Gasteiger partial charge in [-0.3, -0.25) is 4.79 Å². The Hall–Kier alpha value is -2.40. The van der Waals surface area contributed by atoms with Crippen LogP contribution in [0.1, 0.15) is 34.5 Å². The van der Waals surface area contributed by atoms with Crippen LogP contribution >= 0.6 is 0 Å². The van der Waals surface area contributed by atoms with Crippen molar-refractivity contribution in [3.63, 3.8) is 0 Å². The quantitative estimate of drug-likeness (QED) is 0.907. The first-order valence-electron chi connectivity index (χ1n) is 6.52. The molecule has 0 aliphatic heterocycles.